The van der Waals surface area contributed by atoms with Gasteiger partial charge in [0, 0.05) is 10.0 Å². The van der Waals surface area contributed by atoms with Gasteiger partial charge in [-0.15, -0.1) is 0 Å². The first kappa shape index (κ1) is 17.0. The summed E-state index contributed by atoms with van der Waals surface area (Å²) in [5, 5.41) is 26.3. The van der Waals surface area contributed by atoms with Crippen molar-refractivity contribution in [2.24, 2.45) is 4.99 Å². The van der Waals surface area contributed by atoms with E-state index in [-0.39, 0.29) is 5.49 Å². The lowest BCUT2D eigenvalue weighted by Gasteiger charge is -2.00. The predicted octanol–water partition coefficient (Wildman–Crippen LogP) is 3.67. The zero-order chi connectivity index (χ0) is 18.1. The predicted molar refractivity (Wildman–Crippen MR) is 91.8 cm³/mol. The summed E-state index contributed by atoms with van der Waals surface area (Å²) in [6, 6.07) is 11.1. The van der Waals surface area contributed by atoms with Gasteiger partial charge in [-0.3, -0.25) is 0 Å². The van der Waals surface area contributed by atoms with Crippen LogP contribution in [-0.2, 0) is 0 Å². The van der Waals surface area contributed by atoms with Crippen LogP contribution >= 0.6 is 23.2 Å². The molecule has 0 spiro atoms. The molecule has 0 saturated heterocycles. The second-order valence-corrected chi connectivity index (χ2v) is 5.95. The van der Waals surface area contributed by atoms with E-state index in [1.54, 1.807) is 42.5 Å². The van der Waals surface area contributed by atoms with Crippen LogP contribution in [0.25, 0.3) is 5.69 Å². The summed E-state index contributed by atoms with van der Waals surface area (Å²) >= 11 is 11.9. The maximum atomic E-state index is 11.3. The highest BCUT2D eigenvalue weighted by Crippen LogP contribution is 2.22. The average molecular weight is 380 g/mol. The van der Waals surface area contributed by atoms with Gasteiger partial charge in [-0.1, -0.05) is 34.1 Å². The van der Waals surface area contributed by atoms with Gasteiger partial charge in [-0.25, -0.2) is 4.99 Å². The Labute approximate surface area is 151 Å². The Morgan fingerprint density at radius 3 is 2.48 bits per heavy atom. The monoisotopic (exact) mass is 379 g/mol. The standard InChI is InChI=1S/C15H11Cl2N5O3/c1-9-2-5-11(8-13(9)17)18-14-15(22(24)25)19-20(21(14)23)12-6-3-10(16)4-7-12/h2-8,23H,1H3. The SMILES string of the molecule is Cc1ccc(N=c2c([N+](=O)[O-])nn(-c3ccc(Cl)cc3)n2O)cc1Cl. The number of hydrogen-bond acceptors (Lipinski definition) is 5. The van der Waals surface area contributed by atoms with Crippen LogP contribution in [0.1, 0.15) is 5.56 Å². The fourth-order valence-electron chi connectivity index (χ4n) is 2.08. The summed E-state index contributed by atoms with van der Waals surface area (Å²) in [6.07, 6.45) is 0. The summed E-state index contributed by atoms with van der Waals surface area (Å²) in [5.74, 6) is -0.603. The van der Waals surface area contributed by atoms with Crippen molar-refractivity contribution in [3.05, 3.63) is 73.7 Å². The Kier molecular flexibility index (Phi) is 4.47. The molecule has 0 amide bonds. The number of rotatable bonds is 3. The molecule has 0 aliphatic carbocycles. The summed E-state index contributed by atoms with van der Waals surface area (Å²) in [4.78, 5) is 16.1. The number of aryl methyl sites for hydroxylation is 1. The molecule has 2 aromatic carbocycles. The van der Waals surface area contributed by atoms with Crippen molar-refractivity contribution in [3.63, 3.8) is 0 Å². The first-order valence-electron chi connectivity index (χ1n) is 6.99. The third-order valence-corrected chi connectivity index (χ3v) is 4.04. The van der Waals surface area contributed by atoms with E-state index >= 15 is 0 Å². The molecule has 1 N–H and O–H groups in total. The molecule has 0 saturated carbocycles. The van der Waals surface area contributed by atoms with Crippen molar-refractivity contribution in [2.75, 3.05) is 0 Å². The van der Waals surface area contributed by atoms with E-state index in [4.69, 9.17) is 23.2 Å². The molecule has 1 aromatic heterocycles. The minimum Gasteiger partial charge on any atom is -0.409 e. The molecule has 25 heavy (non-hydrogen) atoms. The quantitative estimate of drug-likeness (QED) is 0.426. The second kappa shape index (κ2) is 6.58. The highest BCUT2D eigenvalue weighted by atomic mass is 35.5. The summed E-state index contributed by atoms with van der Waals surface area (Å²) in [5.41, 5.74) is 1.22. The van der Waals surface area contributed by atoms with Crippen molar-refractivity contribution < 1.29 is 10.1 Å². The number of benzene rings is 2. The number of nitro groups is 1. The summed E-state index contributed by atoms with van der Waals surface area (Å²) in [7, 11) is 0. The van der Waals surface area contributed by atoms with Gasteiger partial charge in [0.25, 0.3) is 5.49 Å². The highest BCUT2D eigenvalue weighted by Gasteiger charge is 2.24. The molecule has 128 valence electrons. The zero-order valence-corrected chi connectivity index (χ0v) is 14.3. The number of hydrogen-bond donors (Lipinski definition) is 1. The Hall–Kier alpha value is -2.84. The van der Waals surface area contributed by atoms with Crippen LogP contribution in [0.2, 0.25) is 10.0 Å². The fourth-order valence-corrected chi connectivity index (χ4v) is 2.38. The van der Waals surface area contributed by atoms with E-state index in [1.807, 2.05) is 6.92 Å². The molecule has 3 rings (SSSR count). The highest BCUT2D eigenvalue weighted by molar-refractivity contribution is 6.31. The Bertz CT molecular complexity index is 1020. The largest absolute Gasteiger partial charge is 0.438 e. The van der Waals surface area contributed by atoms with Crippen LogP contribution in [0.5, 0.6) is 0 Å². The fraction of sp³-hybridized carbons (Fsp3) is 0.0667. The van der Waals surface area contributed by atoms with Gasteiger partial charge >= 0.3 is 5.82 Å². The van der Waals surface area contributed by atoms with Crippen molar-refractivity contribution in [1.82, 2.24) is 14.7 Å². The van der Waals surface area contributed by atoms with Gasteiger partial charge in [0.05, 0.1) is 10.8 Å². The van der Waals surface area contributed by atoms with Gasteiger partial charge in [-0.2, -0.15) is 0 Å². The molecule has 0 unspecified atom stereocenters. The number of halogens is 2. The first-order chi connectivity index (χ1) is 11.9. The molecule has 0 atom stereocenters. The lowest BCUT2D eigenvalue weighted by atomic mass is 10.2. The zero-order valence-electron chi connectivity index (χ0n) is 12.8. The molecule has 0 bridgehead atoms. The maximum absolute atomic E-state index is 11.3. The van der Waals surface area contributed by atoms with Crippen LogP contribution in [0, 0.1) is 17.0 Å². The van der Waals surface area contributed by atoms with Gasteiger partial charge in [0.15, 0.2) is 0 Å². The Morgan fingerprint density at radius 2 is 1.88 bits per heavy atom. The maximum Gasteiger partial charge on any atom is 0.438 e. The van der Waals surface area contributed by atoms with Crippen molar-refractivity contribution in [1.29, 1.82) is 0 Å². The molecule has 0 radical (unpaired) electrons. The molecule has 10 heteroatoms. The van der Waals surface area contributed by atoms with Crippen molar-refractivity contribution in [3.8, 4) is 5.69 Å². The van der Waals surface area contributed by atoms with Crippen molar-refractivity contribution >= 4 is 34.7 Å². The van der Waals surface area contributed by atoms with Crippen molar-refractivity contribution in [2.45, 2.75) is 6.92 Å². The molecule has 0 aliphatic rings. The Morgan fingerprint density at radius 1 is 1.20 bits per heavy atom. The van der Waals surface area contributed by atoms with Crippen LogP contribution < -0.4 is 5.49 Å². The van der Waals surface area contributed by atoms with E-state index in [0.29, 0.717) is 26.3 Å². The summed E-state index contributed by atoms with van der Waals surface area (Å²) in [6.45, 7) is 1.82. The smallest absolute Gasteiger partial charge is 0.409 e. The summed E-state index contributed by atoms with van der Waals surface area (Å²) < 4.78 is 0. The average Bonchev–Trinajstić information content (AvgIpc) is 2.89. The minimum atomic E-state index is -0.728. The van der Waals surface area contributed by atoms with E-state index in [0.717, 1.165) is 10.4 Å². The van der Waals surface area contributed by atoms with Crippen LogP contribution in [0.3, 0.4) is 0 Å². The molecule has 0 fully saturated rings. The van der Waals surface area contributed by atoms with Crippen LogP contribution in [0.4, 0.5) is 11.5 Å². The molecule has 0 aliphatic heterocycles. The Balaban J connectivity index is 2.21. The normalized spacial score (nSPS) is 11.7. The van der Waals surface area contributed by atoms with E-state index < -0.39 is 10.7 Å². The first-order valence-corrected chi connectivity index (χ1v) is 7.75. The number of aromatic nitrogens is 3. The van der Waals surface area contributed by atoms with Crippen LogP contribution in [0.15, 0.2) is 47.5 Å². The second-order valence-electron chi connectivity index (χ2n) is 5.10. The van der Waals surface area contributed by atoms with E-state index in [9.17, 15) is 15.3 Å². The van der Waals surface area contributed by atoms with E-state index in [2.05, 4.69) is 10.1 Å². The third kappa shape index (κ3) is 3.35. The lowest BCUT2D eigenvalue weighted by Crippen LogP contribution is -2.22. The van der Waals surface area contributed by atoms with E-state index in [1.165, 1.54) is 0 Å². The number of nitrogens with zero attached hydrogens (tertiary/aromatic N) is 5. The minimum absolute atomic E-state index is 0.333. The molecule has 3 aromatic rings. The van der Waals surface area contributed by atoms with Crippen LogP contribution in [-0.4, -0.2) is 24.9 Å². The third-order valence-electron chi connectivity index (χ3n) is 3.38. The lowest BCUT2D eigenvalue weighted by molar-refractivity contribution is -0.391. The van der Waals surface area contributed by atoms with Gasteiger partial charge < -0.3 is 15.3 Å². The van der Waals surface area contributed by atoms with Gasteiger partial charge in [-0.05, 0) is 58.6 Å². The van der Waals surface area contributed by atoms with Gasteiger partial charge in [0.2, 0.25) is 0 Å². The molecule has 8 nitrogen and oxygen atoms in total. The van der Waals surface area contributed by atoms with Gasteiger partial charge in [0.1, 0.15) is 5.69 Å². The molecular formula is C15H11Cl2N5O3. The topological polar surface area (TPSA) is 98.5 Å². The molecule has 1 heterocycles. The molecular weight excluding hydrogens is 369 g/mol.